The highest BCUT2D eigenvalue weighted by Gasteiger charge is 2.23. The maximum absolute atomic E-state index is 6.16. The van der Waals surface area contributed by atoms with E-state index in [2.05, 4.69) is 16.8 Å². The van der Waals surface area contributed by atoms with Crippen molar-refractivity contribution in [2.24, 2.45) is 5.73 Å². The van der Waals surface area contributed by atoms with Crippen LogP contribution in [0.4, 0.5) is 5.69 Å². The number of likely N-dealkylation sites (N-methyl/N-ethyl adjacent to an activating group) is 1. The van der Waals surface area contributed by atoms with Crippen molar-refractivity contribution in [1.29, 1.82) is 0 Å². The molecule has 1 atom stereocenters. The summed E-state index contributed by atoms with van der Waals surface area (Å²) < 4.78 is 5.17. The molecular weight excluding hydrogens is 250 g/mol. The summed E-state index contributed by atoms with van der Waals surface area (Å²) in [6.07, 6.45) is 0. The quantitative estimate of drug-likeness (QED) is 0.901. The lowest BCUT2D eigenvalue weighted by molar-refractivity contribution is 0.224. The Balaban J connectivity index is 2.14. The van der Waals surface area contributed by atoms with Crippen LogP contribution in [-0.2, 0) is 0 Å². The van der Waals surface area contributed by atoms with Crippen LogP contribution in [0.2, 0.25) is 5.02 Å². The number of halogens is 1. The van der Waals surface area contributed by atoms with Gasteiger partial charge in [0, 0.05) is 37.9 Å². The lowest BCUT2D eigenvalue weighted by atomic mass is 10.1. The van der Waals surface area contributed by atoms with Gasteiger partial charge >= 0.3 is 0 Å². The maximum Gasteiger partial charge on any atom is 0.137 e. The van der Waals surface area contributed by atoms with E-state index < -0.39 is 0 Å². The van der Waals surface area contributed by atoms with E-state index >= 15 is 0 Å². The Morgan fingerprint density at radius 2 is 2.22 bits per heavy atom. The molecule has 0 spiro atoms. The van der Waals surface area contributed by atoms with Crippen LogP contribution in [0.25, 0.3) is 0 Å². The number of ether oxygens (including phenoxy) is 1. The van der Waals surface area contributed by atoms with Gasteiger partial charge < -0.3 is 15.4 Å². The van der Waals surface area contributed by atoms with Gasteiger partial charge in [-0.25, -0.2) is 0 Å². The number of rotatable bonds is 3. The first kappa shape index (κ1) is 13.5. The van der Waals surface area contributed by atoms with Crippen LogP contribution in [0.1, 0.15) is 0 Å². The number of benzene rings is 1. The predicted molar refractivity (Wildman–Crippen MR) is 75.7 cm³/mol. The highest BCUT2D eigenvalue weighted by molar-refractivity contribution is 6.32. The molecule has 1 aromatic rings. The topological polar surface area (TPSA) is 41.7 Å². The Hall–Kier alpha value is -0.970. The van der Waals surface area contributed by atoms with E-state index in [1.54, 1.807) is 7.11 Å². The van der Waals surface area contributed by atoms with Crippen molar-refractivity contribution in [3.63, 3.8) is 0 Å². The summed E-state index contributed by atoms with van der Waals surface area (Å²) in [5, 5.41) is 0.651. The number of methoxy groups -OCH3 is 1. The number of hydrogen-bond donors (Lipinski definition) is 1. The molecule has 0 saturated carbocycles. The Morgan fingerprint density at radius 3 is 2.83 bits per heavy atom. The third-order valence-corrected chi connectivity index (χ3v) is 3.85. The second kappa shape index (κ2) is 5.78. The van der Waals surface area contributed by atoms with E-state index in [0.29, 0.717) is 23.4 Å². The smallest absolute Gasteiger partial charge is 0.137 e. The highest BCUT2D eigenvalue weighted by atomic mass is 35.5. The molecule has 0 aromatic heterocycles. The van der Waals surface area contributed by atoms with Crippen molar-refractivity contribution >= 4 is 17.3 Å². The van der Waals surface area contributed by atoms with Crippen LogP contribution < -0.4 is 15.4 Å². The molecule has 5 heteroatoms. The van der Waals surface area contributed by atoms with Gasteiger partial charge in [0.2, 0.25) is 0 Å². The molecule has 1 heterocycles. The summed E-state index contributed by atoms with van der Waals surface area (Å²) in [5.74, 6) is 0.713. The van der Waals surface area contributed by atoms with Gasteiger partial charge in [-0.05, 0) is 25.2 Å². The summed E-state index contributed by atoms with van der Waals surface area (Å²) in [4.78, 5) is 4.63. The van der Waals surface area contributed by atoms with Crippen molar-refractivity contribution in [1.82, 2.24) is 4.90 Å². The zero-order valence-corrected chi connectivity index (χ0v) is 11.7. The van der Waals surface area contributed by atoms with Gasteiger partial charge in [0.25, 0.3) is 0 Å². The van der Waals surface area contributed by atoms with Crippen LogP contribution >= 0.6 is 11.6 Å². The minimum Gasteiger partial charge on any atom is -0.495 e. The second-order valence-corrected chi connectivity index (χ2v) is 5.04. The van der Waals surface area contributed by atoms with Crippen molar-refractivity contribution in [3.8, 4) is 5.75 Å². The fourth-order valence-electron chi connectivity index (χ4n) is 2.29. The lowest BCUT2D eigenvalue weighted by Gasteiger charge is -2.40. The SMILES string of the molecule is COc1ccc(N2CCN(C)C(CN)C2)cc1Cl. The van der Waals surface area contributed by atoms with E-state index in [4.69, 9.17) is 22.1 Å². The largest absolute Gasteiger partial charge is 0.495 e. The third-order valence-electron chi connectivity index (χ3n) is 3.55. The van der Waals surface area contributed by atoms with E-state index in [0.717, 1.165) is 25.3 Å². The molecule has 2 N–H and O–H groups in total. The lowest BCUT2D eigenvalue weighted by Crippen LogP contribution is -2.54. The van der Waals surface area contributed by atoms with Crippen molar-refractivity contribution in [2.45, 2.75) is 6.04 Å². The molecule has 1 aliphatic rings. The molecule has 0 bridgehead atoms. The molecule has 100 valence electrons. The normalized spacial score (nSPS) is 21.1. The Labute approximate surface area is 113 Å². The van der Waals surface area contributed by atoms with Gasteiger partial charge in [-0.1, -0.05) is 11.6 Å². The number of nitrogens with zero attached hydrogens (tertiary/aromatic N) is 2. The molecule has 18 heavy (non-hydrogen) atoms. The molecule has 0 aliphatic carbocycles. The van der Waals surface area contributed by atoms with E-state index in [1.807, 2.05) is 18.2 Å². The van der Waals surface area contributed by atoms with Gasteiger partial charge in [-0.3, -0.25) is 4.90 Å². The average Bonchev–Trinajstić information content (AvgIpc) is 2.39. The summed E-state index contributed by atoms with van der Waals surface area (Å²) in [5.41, 5.74) is 6.93. The zero-order chi connectivity index (χ0) is 13.1. The summed E-state index contributed by atoms with van der Waals surface area (Å²) in [6.45, 7) is 3.63. The molecular formula is C13H20ClN3O. The molecule has 0 radical (unpaired) electrons. The monoisotopic (exact) mass is 269 g/mol. The molecule has 2 rings (SSSR count). The number of hydrogen-bond acceptors (Lipinski definition) is 4. The minimum atomic E-state index is 0.402. The van der Waals surface area contributed by atoms with E-state index in [9.17, 15) is 0 Å². The molecule has 4 nitrogen and oxygen atoms in total. The standard InChI is InChI=1S/C13H20ClN3O/c1-16-5-6-17(9-11(16)8-15)10-3-4-13(18-2)12(14)7-10/h3-4,7,11H,5-6,8-9,15H2,1-2H3. The second-order valence-electron chi connectivity index (χ2n) is 4.63. The molecule has 1 aliphatic heterocycles. The Morgan fingerprint density at radius 1 is 1.44 bits per heavy atom. The molecule has 0 amide bonds. The predicted octanol–water partition coefficient (Wildman–Crippen LogP) is 1.43. The molecule has 1 saturated heterocycles. The first-order chi connectivity index (χ1) is 8.65. The Bertz CT molecular complexity index is 413. The summed E-state index contributed by atoms with van der Waals surface area (Å²) in [7, 11) is 3.75. The molecule has 1 unspecified atom stereocenters. The van der Waals surface area contributed by atoms with Gasteiger partial charge in [0.15, 0.2) is 0 Å². The van der Waals surface area contributed by atoms with Gasteiger partial charge in [-0.2, -0.15) is 0 Å². The first-order valence-corrected chi connectivity index (χ1v) is 6.52. The highest BCUT2D eigenvalue weighted by Crippen LogP contribution is 2.29. The van der Waals surface area contributed by atoms with Gasteiger partial charge in [0.1, 0.15) is 5.75 Å². The fourth-order valence-corrected chi connectivity index (χ4v) is 2.54. The number of nitrogens with two attached hydrogens (primary N) is 1. The number of anilines is 1. The van der Waals surface area contributed by atoms with Crippen LogP contribution in [0.5, 0.6) is 5.75 Å². The van der Waals surface area contributed by atoms with E-state index in [1.165, 1.54) is 0 Å². The molecule has 1 fully saturated rings. The zero-order valence-electron chi connectivity index (χ0n) is 10.9. The summed E-state index contributed by atoms with van der Waals surface area (Å²) in [6, 6.07) is 6.32. The average molecular weight is 270 g/mol. The first-order valence-electron chi connectivity index (χ1n) is 6.14. The number of piperazine rings is 1. The van der Waals surface area contributed by atoms with Crippen molar-refractivity contribution in [3.05, 3.63) is 23.2 Å². The fraction of sp³-hybridized carbons (Fsp3) is 0.538. The van der Waals surface area contributed by atoms with E-state index in [-0.39, 0.29) is 0 Å². The van der Waals surface area contributed by atoms with Crippen molar-refractivity contribution in [2.75, 3.05) is 45.2 Å². The van der Waals surface area contributed by atoms with Crippen molar-refractivity contribution < 1.29 is 4.74 Å². The molecule has 1 aromatic carbocycles. The minimum absolute atomic E-state index is 0.402. The van der Waals surface area contributed by atoms with Crippen LogP contribution in [0.3, 0.4) is 0 Å². The maximum atomic E-state index is 6.16. The summed E-state index contributed by atoms with van der Waals surface area (Å²) >= 11 is 6.16. The van der Waals surface area contributed by atoms with Gasteiger partial charge in [0.05, 0.1) is 12.1 Å². The van der Waals surface area contributed by atoms with Crippen LogP contribution in [0, 0.1) is 0 Å². The van der Waals surface area contributed by atoms with Crippen LogP contribution in [0.15, 0.2) is 18.2 Å². The third kappa shape index (κ3) is 2.71. The Kier molecular flexibility index (Phi) is 4.32. The van der Waals surface area contributed by atoms with Gasteiger partial charge in [-0.15, -0.1) is 0 Å². The van der Waals surface area contributed by atoms with Crippen LogP contribution in [-0.4, -0.2) is 51.3 Å².